The van der Waals surface area contributed by atoms with E-state index in [2.05, 4.69) is 110 Å². The molecule has 0 saturated heterocycles. The maximum absolute atomic E-state index is 12.1. The van der Waals surface area contributed by atoms with E-state index in [4.69, 9.17) is 21.4 Å². The smallest absolute Gasteiger partial charge is 0.300 e. The van der Waals surface area contributed by atoms with Gasteiger partial charge in [0.15, 0.2) is 0 Å². The number of benzene rings is 5. The van der Waals surface area contributed by atoms with Crippen molar-refractivity contribution in [3.8, 4) is 11.1 Å². The topological polar surface area (TPSA) is 149 Å². The second-order valence-electron chi connectivity index (χ2n) is 9.77. The third-order valence-corrected chi connectivity index (χ3v) is 8.55. The molecular weight excluding hydrogens is 860 g/mol. The van der Waals surface area contributed by atoms with Crippen LogP contribution < -0.4 is 11.5 Å². The van der Waals surface area contributed by atoms with E-state index in [1.165, 1.54) is 10.8 Å². The Hall–Kier alpha value is -3.39. The van der Waals surface area contributed by atoms with Crippen LogP contribution in [0.5, 0.6) is 0 Å². The SMILES string of the molecule is Brc1ccc2c3ccc(Br)cc3c3nccnc3c2c1.C.CC(=O)O.NCCN.O=C1C(=O)c2cc(Br)ccc2-c2ccc(Br)cc21. The normalized spacial score (nSPS) is 11.1. The van der Waals surface area contributed by atoms with Crippen molar-refractivity contribution >= 4 is 114 Å². The molecule has 1 aromatic heterocycles. The minimum atomic E-state index is -0.833. The number of rotatable bonds is 1. The highest BCUT2D eigenvalue weighted by molar-refractivity contribution is 9.11. The van der Waals surface area contributed by atoms with E-state index in [9.17, 15) is 9.59 Å². The zero-order valence-corrected chi connectivity index (χ0v) is 30.6. The van der Waals surface area contributed by atoms with Crippen molar-refractivity contribution in [3.63, 3.8) is 0 Å². The number of carboxylic acid groups (broad SMARTS) is 1. The molecule has 0 amide bonds. The lowest BCUT2D eigenvalue weighted by Crippen LogP contribution is -2.21. The molecular formula is C35H30Br4N4O4. The predicted octanol–water partition coefficient (Wildman–Crippen LogP) is 9.35. The number of carboxylic acids is 1. The van der Waals surface area contributed by atoms with Crippen molar-refractivity contribution in [1.29, 1.82) is 0 Å². The monoisotopic (exact) mass is 886 g/mol. The van der Waals surface area contributed by atoms with Gasteiger partial charge >= 0.3 is 0 Å². The lowest BCUT2D eigenvalue weighted by atomic mass is 9.84. The van der Waals surface area contributed by atoms with Crippen LogP contribution in [0.4, 0.5) is 0 Å². The summed E-state index contributed by atoms with van der Waals surface area (Å²) in [7, 11) is 0. The average Bonchev–Trinajstić information content (AvgIpc) is 3.04. The Kier molecular flexibility index (Phi) is 13.9. The lowest BCUT2D eigenvalue weighted by molar-refractivity contribution is -0.134. The quantitative estimate of drug-likeness (QED) is 0.109. The van der Waals surface area contributed by atoms with Gasteiger partial charge in [-0.3, -0.25) is 24.4 Å². The number of hydrogen-bond acceptors (Lipinski definition) is 7. The number of aromatic nitrogens is 2. The van der Waals surface area contributed by atoms with Crippen LogP contribution in [0.25, 0.3) is 43.7 Å². The first-order valence-electron chi connectivity index (χ1n) is 13.7. The molecule has 12 heteroatoms. The maximum atomic E-state index is 12.1. The molecule has 0 radical (unpaired) electrons. The first-order chi connectivity index (χ1) is 22.0. The number of carbonyl (C=O) groups is 3. The summed E-state index contributed by atoms with van der Waals surface area (Å²) in [6, 6.07) is 23.4. The molecule has 1 aliphatic carbocycles. The number of Topliss-reactive ketones (excluding diaryl/α,β-unsaturated/α-hetero) is 2. The van der Waals surface area contributed by atoms with Crippen LogP contribution in [-0.4, -0.2) is 45.7 Å². The van der Waals surface area contributed by atoms with Gasteiger partial charge in [0.25, 0.3) is 5.97 Å². The summed E-state index contributed by atoms with van der Waals surface area (Å²) >= 11 is 13.7. The highest BCUT2D eigenvalue weighted by Crippen LogP contribution is 2.37. The molecule has 0 saturated carbocycles. The summed E-state index contributed by atoms with van der Waals surface area (Å²) in [6.07, 6.45) is 3.49. The van der Waals surface area contributed by atoms with E-state index < -0.39 is 17.5 Å². The van der Waals surface area contributed by atoms with Crippen molar-refractivity contribution in [2.45, 2.75) is 14.4 Å². The summed E-state index contributed by atoms with van der Waals surface area (Å²) in [5.41, 5.74) is 14.2. The Morgan fingerprint density at radius 2 is 0.915 bits per heavy atom. The number of fused-ring (bicyclic) bond motifs is 9. The Bertz CT molecular complexity index is 1950. The number of carbonyl (C=O) groups excluding carboxylic acids is 2. The van der Waals surface area contributed by atoms with E-state index in [1.807, 2.05) is 24.3 Å². The fourth-order valence-electron chi connectivity index (χ4n) is 4.75. The highest BCUT2D eigenvalue weighted by atomic mass is 79.9. The van der Waals surface area contributed by atoms with Gasteiger partial charge in [0, 0.05) is 72.2 Å². The molecule has 242 valence electrons. The fourth-order valence-corrected chi connectivity index (χ4v) is 6.19. The van der Waals surface area contributed by atoms with E-state index in [0.717, 1.165) is 57.7 Å². The molecule has 5 N–H and O–H groups in total. The summed E-state index contributed by atoms with van der Waals surface area (Å²) in [4.78, 5) is 42.2. The average molecular weight is 890 g/mol. The second kappa shape index (κ2) is 17.1. The molecule has 0 unspecified atom stereocenters. The maximum Gasteiger partial charge on any atom is 0.300 e. The Morgan fingerprint density at radius 3 is 1.26 bits per heavy atom. The molecule has 6 aromatic rings. The van der Waals surface area contributed by atoms with Gasteiger partial charge in [-0.1, -0.05) is 95.4 Å². The van der Waals surface area contributed by atoms with Crippen LogP contribution in [0, 0.1) is 0 Å². The predicted molar refractivity (Wildman–Crippen MR) is 204 cm³/mol. The van der Waals surface area contributed by atoms with Crippen molar-refractivity contribution in [2.75, 3.05) is 13.1 Å². The van der Waals surface area contributed by atoms with Crippen molar-refractivity contribution < 1.29 is 19.5 Å². The van der Waals surface area contributed by atoms with Crippen molar-refractivity contribution in [2.24, 2.45) is 11.5 Å². The third kappa shape index (κ3) is 8.95. The minimum absolute atomic E-state index is 0. The van der Waals surface area contributed by atoms with Crippen LogP contribution in [0.3, 0.4) is 0 Å². The Morgan fingerprint density at radius 1 is 0.596 bits per heavy atom. The van der Waals surface area contributed by atoms with Gasteiger partial charge in [-0.25, -0.2) is 0 Å². The molecule has 7 rings (SSSR count). The number of aliphatic carboxylic acids is 1. The third-order valence-electron chi connectivity index (χ3n) is 6.58. The van der Waals surface area contributed by atoms with Crippen LogP contribution in [0.2, 0.25) is 0 Å². The summed E-state index contributed by atoms with van der Waals surface area (Å²) < 4.78 is 3.69. The molecule has 5 aromatic carbocycles. The number of ketones is 2. The number of nitrogens with two attached hydrogens (primary N) is 2. The van der Waals surface area contributed by atoms with Crippen LogP contribution in [0.15, 0.2) is 103 Å². The van der Waals surface area contributed by atoms with Gasteiger partial charge in [-0.2, -0.15) is 0 Å². The first kappa shape index (κ1) is 38.1. The molecule has 1 heterocycles. The number of nitrogens with zero attached hydrogens (tertiary/aromatic N) is 2. The molecule has 47 heavy (non-hydrogen) atoms. The van der Waals surface area contributed by atoms with Gasteiger partial charge < -0.3 is 16.6 Å². The van der Waals surface area contributed by atoms with E-state index >= 15 is 0 Å². The fraction of sp³-hybridized carbons (Fsp3) is 0.114. The zero-order valence-electron chi connectivity index (χ0n) is 24.2. The van der Waals surface area contributed by atoms with Crippen LogP contribution in [0.1, 0.15) is 35.1 Å². The van der Waals surface area contributed by atoms with Crippen LogP contribution in [-0.2, 0) is 4.79 Å². The highest BCUT2D eigenvalue weighted by Gasteiger charge is 2.30. The first-order valence-corrected chi connectivity index (χ1v) is 16.8. The van der Waals surface area contributed by atoms with Crippen LogP contribution >= 0.6 is 63.7 Å². The van der Waals surface area contributed by atoms with E-state index in [0.29, 0.717) is 24.2 Å². The molecule has 8 nitrogen and oxygen atoms in total. The number of hydrogen-bond donors (Lipinski definition) is 3. The zero-order chi connectivity index (χ0) is 33.5. The van der Waals surface area contributed by atoms with Gasteiger partial charge in [0.05, 0.1) is 11.0 Å². The molecule has 0 bridgehead atoms. The second-order valence-corrected chi connectivity index (χ2v) is 13.4. The minimum Gasteiger partial charge on any atom is -0.481 e. The number of halogens is 4. The summed E-state index contributed by atoms with van der Waals surface area (Å²) in [5, 5.41) is 12.1. The largest absolute Gasteiger partial charge is 0.481 e. The summed E-state index contributed by atoms with van der Waals surface area (Å²) in [5.74, 6) is -1.73. The van der Waals surface area contributed by atoms with Crippen molar-refractivity contribution in [3.05, 3.63) is 114 Å². The summed E-state index contributed by atoms with van der Waals surface area (Å²) in [6.45, 7) is 2.28. The standard InChI is InChI=1S/C16H8Br2N2.C14H6Br2O2.C2H8N2.C2H4O2.CH4/c17-9-1-3-11-12-4-2-10(18)8-14(12)16-15(13(11)7-9)19-5-6-20-16;15-7-1-3-9-10-4-2-8(16)6-12(10)14(18)13(17)11(9)5-7;3-1-2-4;1-2(3)4;/h1-8H;1-6H;1-4H2;1H3,(H,3,4);1H4. The van der Waals surface area contributed by atoms with Gasteiger partial charge in [0.2, 0.25) is 11.6 Å². The van der Waals surface area contributed by atoms with Gasteiger partial charge in [0.1, 0.15) is 0 Å². The Balaban J connectivity index is 0.000000206. The van der Waals surface area contributed by atoms with Gasteiger partial charge in [-0.15, -0.1) is 0 Å². The molecule has 0 fully saturated rings. The molecule has 0 spiro atoms. The van der Waals surface area contributed by atoms with Crippen molar-refractivity contribution in [1.82, 2.24) is 9.97 Å². The van der Waals surface area contributed by atoms with E-state index in [-0.39, 0.29) is 7.43 Å². The molecule has 1 aliphatic rings. The molecule has 0 atom stereocenters. The van der Waals surface area contributed by atoms with Gasteiger partial charge in [-0.05, 0) is 70.4 Å². The lowest BCUT2D eigenvalue weighted by Gasteiger charge is -2.18. The Labute approximate surface area is 305 Å². The molecule has 0 aliphatic heterocycles. The van der Waals surface area contributed by atoms with E-state index in [1.54, 1.807) is 24.5 Å².